The van der Waals surface area contributed by atoms with Crippen LogP contribution in [-0.2, 0) is 10.0 Å². The fraction of sp³-hybridized carbons (Fsp3) is 0.269. The predicted octanol–water partition coefficient (Wildman–Crippen LogP) is 5.24. The van der Waals surface area contributed by atoms with Gasteiger partial charge in [-0.25, -0.2) is 13.4 Å². The smallest absolute Gasteiger partial charge is 0.243 e. The highest BCUT2D eigenvalue weighted by molar-refractivity contribution is 7.89. The van der Waals surface area contributed by atoms with Gasteiger partial charge >= 0.3 is 0 Å². The molecule has 0 N–H and O–H groups in total. The number of hydrogen-bond acceptors (Lipinski definition) is 6. The Kier molecular flexibility index (Phi) is 6.44. The van der Waals surface area contributed by atoms with Crippen LogP contribution in [0.4, 0.5) is 5.69 Å². The van der Waals surface area contributed by atoms with Crippen molar-refractivity contribution in [1.82, 2.24) is 9.21 Å². The fourth-order valence-electron chi connectivity index (χ4n) is 4.33. The van der Waals surface area contributed by atoms with Gasteiger partial charge in [0, 0.05) is 31.2 Å². The van der Waals surface area contributed by atoms with E-state index < -0.39 is 10.0 Å². The molecule has 0 aromatic heterocycles. The minimum Gasteiger partial charge on any atom is -0.497 e. The summed E-state index contributed by atoms with van der Waals surface area (Å²) in [5.41, 5.74) is 2.62. The summed E-state index contributed by atoms with van der Waals surface area (Å²) < 4.78 is 39.8. The third-order valence-electron chi connectivity index (χ3n) is 6.20. The summed E-state index contributed by atoms with van der Waals surface area (Å²) in [6.45, 7) is 3.92. The van der Waals surface area contributed by atoms with Gasteiger partial charge in [-0.2, -0.15) is 4.31 Å². The van der Waals surface area contributed by atoms with Crippen LogP contribution in [0.3, 0.4) is 0 Å². The summed E-state index contributed by atoms with van der Waals surface area (Å²) in [6.07, 6.45) is 0.659. The molecule has 35 heavy (non-hydrogen) atoms. The molecule has 0 spiro atoms. The Morgan fingerprint density at radius 1 is 0.943 bits per heavy atom. The van der Waals surface area contributed by atoms with E-state index in [1.165, 1.54) is 4.31 Å². The SMILES string of the molecule is COc1ccc2c(c1)C(N1CCCN(S(=O)(=O)c3ccc(Cl)cc3)CC1)=Nc1ccc(C)cc1O2. The van der Waals surface area contributed by atoms with Crippen molar-refractivity contribution in [1.29, 1.82) is 0 Å². The molecule has 5 rings (SSSR count). The minimum atomic E-state index is -3.62. The molecule has 7 nitrogen and oxygen atoms in total. The summed E-state index contributed by atoms with van der Waals surface area (Å²) in [5.74, 6) is 2.81. The van der Waals surface area contributed by atoms with Gasteiger partial charge in [-0.3, -0.25) is 0 Å². The molecule has 2 aliphatic heterocycles. The second kappa shape index (κ2) is 9.53. The highest BCUT2D eigenvalue weighted by Gasteiger charge is 2.30. The number of halogens is 1. The van der Waals surface area contributed by atoms with Crippen LogP contribution in [0.2, 0.25) is 5.02 Å². The molecule has 3 aromatic carbocycles. The molecule has 3 aromatic rings. The van der Waals surface area contributed by atoms with Gasteiger partial charge in [0.05, 0.1) is 17.6 Å². The van der Waals surface area contributed by atoms with Crippen LogP contribution in [-0.4, -0.2) is 56.7 Å². The topological polar surface area (TPSA) is 71.4 Å². The number of benzene rings is 3. The molecule has 0 aliphatic carbocycles. The fourth-order valence-corrected chi connectivity index (χ4v) is 5.93. The lowest BCUT2D eigenvalue weighted by molar-refractivity contribution is 0.405. The number of amidine groups is 1. The average molecular weight is 512 g/mol. The van der Waals surface area contributed by atoms with E-state index in [1.54, 1.807) is 31.4 Å². The zero-order chi connectivity index (χ0) is 24.6. The number of aliphatic imine (C=N–C) groups is 1. The third-order valence-corrected chi connectivity index (χ3v) is 8.36. The van der Waals surface area contributed by atoms with E-state index in [-0.39, 0.29) is 4.90 Å². The second-order valence-electron chi connectivity index (χ2n) is 8.57. The van der Waals surface area contributed by atoms with Gasteiger partial charge in [-0.15, -0.1) is 0 Å². The summed E-state index contributed by atoms with van der Waals surface area (Å²) in [7, 11) is -2.00. The maximum Gasteiger partial charge on any atom is 0.243 e. The zero-order valence-electron chi connectivity index (χ0n) is 19.6. The first-order chi connectivity index (χ1) is 16.8. The molecule has 0 unspecified atom stereocenters. The lowest BCUT2D eigenvalue weighted by Crippen LogP contribution is -2.37. The van der Waals surface area contributed by atoms with Crippen LogP contribution in [0, 0.1) is 6.92 Å². The molecule has 1 fully saturated rings. The Morgan fingerprint density at radius 3 is 2.51 bits per heavy atom. The standard InChI is InChI=1S/C26H26ClN3O4S/c1-18-4-10-23-25(16-18)34-24-11-7-20(33-2)17-22(24)26(28-23)29-12-3-13-30(15-14-29)35(31,32)21-8-5-19(27)6-9-21/h4-11,16-17H,3,12-15H2,1-2H3. The van der Waals surface area contributed by atoms with E-state index in [9.17, 15) is 8.42 Å². The maximum atomic E-state index is 13.3. The number of sulfonamides is 1. The second-order valence-corrected chi connectivity index (χ2v) is 10.9. The highest BCUT2D eigenvalue weighted by Crippen LogP contribution is 2.40. The number of fused-ring (bicyclic) bond motifs is 2. The van der Waals surface area contributed by atoms with E-state index >= 15 is 0 Å². The monoisotopic (exact) mass is 511 g/mol. The largest absolute Gasteiger partial charge is 0.497 e. The number of rotatable bonds is 3. The molecule has 0 amide bonds. The predicted molar refractivity (Wildman–Crippen MR) is 137 cm³/mol. The Morgan fingerprint density at radius 2 is 1.74 bits per heavy atom. The van der Waals surface area contributed by atoms with Crippen LogP contribution in [0.15, 0.2) is 70.6 Å². The number of ether oxygens (including phenoxy) is 2. The Balaban J connectivity index is 1.49. The van der Waals surface area contributed by atoms with E-state index in [0.29, 0.717) is 54.9 Å². The van der Waals surface area contributed by atoms with Gasteiger partial charge < -0.3 is 14.4 Å². The van der Waals surface area contributed by atoms with Crippen molar-refractivity contribution in [2.45, 2.75) is 18.2 Å². The van der Waals surface area contributed by atoms with Crippen LogP contribution in [0.5, 0.6) is 17.2 Å². The average Bonchev–Trinajstić information content (AvgIpc) is 3.19. The van der Waals surface area contributed by atoms with Crippen molar-refractivity contribution < 1.29 is 17.9 Å². The van der Waals surface area contributed by atoms with Gasteiger partial charge in [0.25, 0.3) is 0 Å². The molecule has 182 valence electrons. The van der Waals surface area contributed by atoms with E-state index in [1.807, 2.05) is 43.3 Å². The molecule has 0 saturated carbocycles. The van der Waals surface area contributed by atoms with Crippen LogP contribution in [0.1, 0.15) is 17.5 Å². The first-order valence-corrected chi connectivity index (χ1v) is 13.2. The Labute approximate surface area is 210 Å². The normalized spacial score (nSPS) is 16.3. The summed E-state index contributed by atoms with van der Waals surface area (Å²) >= 11 is 5.95. The lowest BCUT2D eigenvalue weighted by atomic mass is 10.1. The highest BCUT2D eigenvalue weighted by atomic mass is 35.5. The van der Waals surface area contributed by atoms with Gasteiger partial charge in [-0.05, 0) is 73.5 Å². The summed E-state index contributed by atoms with van der Waals surface area (Å²) in [5, 5.41) is 0.504. The summed E-state index contributed by atoms with van der Waals surface area (Å²) in [4.78, 5) is 7.38. The minimum absolute atomic E-state index is 0.245. The lowest BCUT2D eigenvalue weighted by Gasteiger charge is -2.25. The number of nitrogens with zero attached hydrogens (tertiary/aromatic N) is 3. The van der Waals surface area contributed by atoms with Gasteiger partial charge in [0.2, 0.25) is 10.0 Å². The molecule has 9 heteroatoms. The van der Waals surface area contributed by atoms with E-state index in [4.69, 9.17) is 26.1 Å². The van der Waals surface area contributed by atoms with Crippen molar-refractivity contribution in [3.05, 3.63) is 76.8 Å². The Hall–Kier alpha value is -3.07. The van der Waals surface area contributed by atoms with E-state index in [0.717, 1.165) is 22.6 Å². The molecular weight excluding hydrogens is 486 g/mol. The van der Waals surface area contributed by atoms with Gasteiger partial charge in [0.1, 0.15) is 23.0 Å². The number of hydrogen-bond donors (Lipinski definition) is 0. The maximum absolute atomic E-state index is 13.3. The molecule has 1 saturated heterocycles. The van der Waals surface area contributed by atoms with Crippen molar-refractivity contribution in [2.24, 2.45) is 4.99 Å². The molecule has 0 bridgehead atoms. The van der Waals surface area contributed by atoms with Crippen LogP contribution in [0.25, 0.3) is 0 Å². The quantitative estimate of drug-likeness (QED) is 0.481. The van der Waals surface area contributed by atoms with Crippen molar-refractivity contribution in [3.8, 4) is 17.2 Å². The first-order valence-electron chi connectivity index (χ1n) is 11.4. The molecule has 0 atom stereocenters. The van der Waals surface area contributed by atoms with Crippen molar-refractivity contribution in [2.75, 3.05) is 33.3 Å². The van der Waals surface area contributed by atoms with Crippen molar-refractivity contribution in [3.63, 3.8) is 0 Å². The Bertz CT molecular complexity index is 1390. The number of methoxy groups -OCH3 is 1. The first kappa shape index (κ1) is 23.7. The number of aryl methyl sites for hydroxylation is 1. The van der Waals surface area contributed by atoms with Crippen molar-refractivity contribution >= 4 is 33.1 Å². The molecule has 0 radical (unpaired) electrons. The summed E-state index contributed by atoms with van der Waals surface area (Å²) in [6, 6.07) is 17.9. The van der Waals surface area contributed by atoms with Gasteiger partial charge in [0.15, 0.2) is 5.75 Å². The zero-order valence-corrected chi connectivity index (χ0v) is 21.1. The van der Waals surface area contributed by atoms with Crippen LogP contribution < -0.4 is 9.47 Å². The van der Waals surface area contributed by atoms with Gasteiger partial charge in [-0.1, -0.05) is 17.7 Å². The molecule has 2 heterocycles. The third kappa shape index (κ3) is 4.74. The molecule has 2 aliphatic rings. The van der Waals surface area contributed by atoms with Crippen LogP contribution >= 0.6 is 11.6 Å². The molecular formula is C26H26ClN3O4S. The van der Waals surface area contributed by atoms with E-state index in [2.05, 4.69) is 4.90 Å².